The van der Waals surface area contributed by atoms with Crippen LogP contribution in [-0.2, 0) is 4.52 Å². The van der Waals surface area contributed by atoms with Gasteiger partial charge >= 0.3 is 0 Å². The summed E-state index contributed by atoms with van der Waals surface area (Å²) in [6.45, 7) is 5.94. The van der Waals surface area contributed by atoms with Crippen molar-refractivity contribution in [3.8, 4) is 0 Å². The standard InChI is InChI=1S/C12H17O2P/c1-11(2)9-12(3,13)15(14-11)10-7-5-4-6-8-10/h4-8,13H,9H2,1-3H3/t12-,15-/m1/s1. The van der Waals surface area contributed by atoms with Gasteiger partial charge in [0, 0.05) is 11.7 Å². The largest absolute Gasteiger partial charge is 0.383 e. The average Bonchev–Trinajstić information content (AvgIpc) is 2.36. The van der Waals surface area contributed by atoms with Crippen LogP contribution in [0.5, 0.6) is 0 Å². The molecule has 0 spiro atoms. The lowest BCUT2D eigenvalue weighted by atomic mass is 10.0. The average molecular weight is 224 g/mol. The van der Waals surface area contributed by atoms with Crippen LogP contribution in [0.2, 0.25) is 0 Å². The van der Waals surface area contributed by atoms with Crippen molar-refractivity contribution in [2.45, 2.75) is 38.1 Å². The Bertz CT molecular complexity index is 346. The zero-order valence-electron chi connectivity index (χ0n) is 9.40. The Morgan fingerprint density at radius 1 is 1.20 bits per heavy atom. The van der Waals surface area contributed by atoms with Gasteiger partial charge in [0.15, 0.2) is 0 Å². The second kappa shape index (κ2) is 3.55. The van der Waals surface area contributed by atoms with E-state index in [9.17, 15) is 5.11 Å². The van der Waals surface area contributed by atoms with Crippen LogP contribution in [-0.4, -0.2) is 16.0 Å². The highest BCUT2D eigenvalue weighted by molar-refractivity contribution is 7.62. The van der Waals surface area contributed by atoms with E-state index in [1.54, 1.807) is 0 Å². The highest BCUT2D eigenvalue weighted by atomic mass is 31.1. The number of hydrogen-bond acceptors (Lipinski definition) is 2. The van der Waals surface area contributed by atoms with E-state index >= 15 is 0 Å². The van der Waals surface area contributed by atoms with E-state index in [-0.39, 0.29) is 5.60 Å². The molecular formula is C12H17O2P. The third-order valence-corrected chi connectivity index (χ3v) is 5.00. The molecule has 1 saturated heterocycles. The van der Waals surface area contributed by atoms with Crippen LogP contribution in [0.4, 0.5) is 0 Å². The number of rotatable bonds is 1. The van der Waals surface area contributed by atoms with Crippen molar-refractivity contribution in [2.75, 3.05) is 0 Å². The molecule has 1 aromatic carbocycles. The van der Waals surface area contributed by atoms with E-state index in [4.69, 9.17) is 4.52 Å². The van der Waals surface area contributed by atoms with Crippen molar-refractivity contribution in [1.29, 1.82) is 0 Å². The first-order valence-electron chi connectivity index (χ1n) is 5.18. The Kier molecular flexibility index (Phi) is 2.62. The first-order valence-corrected chi connectivity index (χ1v) is 6.43. The number of aliphatic hydroxyl groups is 1. The fourth-order valence-electron chi connectivity index (χ4n) is 2.15. The Morgan fingerprint density at radius 2 is 1.80 bits per heavy atom. The molecule has 0 unspecified atom stereocenters. The fraction of sp³-hybridized carbons (Fsp3) is 0.500. The minimum absolute atomic E-state index is 0.217. The Hall–Kier alpha value is -0.430. The Morgan fingerprint density at radius 3 is 2.27 bits per heavy atom. The fourth-order valence-corrected chi connectivity index (χ4v) is 4.53. The van der Waals surface area contributed by atoms with E-state index < -0.39 is 13.5 Å². The van der Waals surface area contributed by atoms with Gasteiger partial charge in [-0.1, -0.05) is 30.3 Å². The highest BCUT2D eigenvalue weighted by Gasteiger charge is 2.48. The van der Waals surface area contributed by atoms with Crippen LogP contribution in [0.3, 0.4) is 0 Å². The lowest BCUT2D eigenvalue weighted by Crippen LogP contribution is -2.25. The SMILES string of the molecule is CC1(C)C[C@](C)(O)[P@@](c2ccccc2)O1. The zero-order valence-corrected chi connectivity index (χ0v) is 10.3. The van der Waals surface area contributed by atoms with Crippen molar-refractivity contribution >= 4 is 13.5 Å². The van der Waals surface area contributed by atoms with Crippen molar-refractivity contribution in [3.05, 3.63) is 30.3 Å². The quantitative estimate of drug-likeness (QED) is 0.743. The zero-order chi connectivity index (χ0) is 11.1. The molecule has 15 heavy (non-hydrogen) atoms. The highest BCUT2D eigenvalue weighted by Crippen LogP contribution is 2.60. The van der Waals surface area contributed by atoms with Crippen LogP contribution in [0.15, 0.2) is 30.3 Å². The first kappa shape index (κ1) is 11.1. The van der Waals surface area contributed by atoms with E-state index in [1.807, 2.05) is 51.1 Å². The second-order valence-corrected chi connectivity index (χ2v) is 7.13. The minimum Gasteiger partial charge on any atom is -0.383 e. The van der Waals surface area contributed by atoms with E-state index in [2.05, 4.69) is 0 Å². The van der Waals surface area contributed by atoms with Crippen molar-refractivity contribution in [3.63, 3.8) is 0 Å². The van der Waals surface area contributed by atoms with Gasteiger partial charge in [0.25, 0.3) is 0 Å². The summed E-state index contributed by atoms with van der Waals surface area (Å²) in [7, 11) is -0.916. The molecule has 0 amide bonds. The molecular weight excluding hydrogens is 207 g/mol. The summed E-state index contributed by atoms with van der Waals surface area (Å²) in [6, 6.07) is 10.0. The molecule has 2 rings (SSSR count). The van der Waals surface area contributed by atoms with Crippen molar-refractivity contribution in [1.82, 2.24) is 0 Å². The molecule has 1 heterocycles. The normalized spacial score (nSPS) is 34.3. The predicted molar refractivity (Wildman–Crippen MR) is 63.4 cm³/mol. The van der Waals surface area contributed by atoms with Crippen molar-refractivity contribution < 1.29 is 9.63 Å². The maximum absolute atomic E-state index is 10.3. The topological polar surface area (TPSA) is 29.5 Å². The smallest absolute Gasteiger partial charge is 0.112 e. The van der Waals surface area contributed by atoms with Gasteiger partial charge in [0.05, 0.1) is 13.7 Å². The molecule has 0 aliphatic carbocycles. The van der Waals surface area contributed by atoms with Gasteiger partial charge in [-0.25, -0.2) is 0 Å². The van der Waals surface area contributed by atoms with Gasteiger partial charge in [0.2, 0.25) is 0 Å². The Balaban J connectivity index is 2.31. The summed E-state index contributed by atoms with van der Waals surface area (Å²) in [5, 5.41) is 10.8. The van der Waals surface area contributed by atoms with Crippen LogP contribution in [0, 0.1) is 0 Å². The third kappa shape index (κ3) is 2.23. The molecule has 0 radical (unpaired) electrons. The van der Waals surface area contributed by atoms with E-state index in [0.717, 1.165) is 5.30 Å². The molecule has 1 fully saturated rings. The van der Waals surface area contributed by atoms with Crippen LogP contribution in [0.1, 0.15) is 27.2 Å². The minimum atomic E-state index is -0.916. The summed E-state index contributed by atoms with van der Waals surface area (Å²) < 4.78 is 5.96. The molecule has 1 N–H and O–H groups in total. The van der Waals surface area contributed by atoms with Gasteiger partial charge in [-0.2, -0.15) is 0 Å². The van der Waals surface area contributed by atoms with Gasteiger partial charge in [-0.05, 0) is 20.8 Å². The summed E-state index contributed by atoms with van der Waals surface area (Å²) in [5.74, 6) is 0. The first-order chi connectivity index (χ1) is 6.91. The third-order valence-electron chi connectivity index (χ3n) is 2.53. The summed E-state index contributed by atoms with van der Waals surface area (Å²) in [6.07, 6.45) is 0.695. The molecule has 1 aromatic rings. The molecule has 0 saturated carbocycles. The number of benzene rings is 1. The van der Waals surface area contributed by atoms with Gasteiger partial charge < -0.3 is 9.63 Å². The van der Waals surface area contributed by atoms with Gasteiger partial charge in [-0.3, -0.25) is 0 Å². The predicted octanol–water partition coefficient (Wildman–Crippen LogP) is 2.62. The summed E-state index contributed by atoms with van der Waals surface area (Å²) in [4.78, 5) is 0. The van der Waals surface area contributed by atoms with Crippen LogP contribution >= 0.6 is 8.15 Å². The molecule has 0 bridgehead atoms. The maximum atomic E-state index is 10.3. The van der Waals surface area contributed by atoms with Crippen molar-refractivity contribution in [2.24, 2.45) is 0 Å². The molecule has 3 heteroatoms. The number of hydrogen-bond donors (Lipinski definition) is 1. The summed E-state index contributed by atoms with van der Waals surface area (Å²) in [5.41, 5.74) is -0.217. The summed E-state index contributed by atoms with van der Waals surface area (Å²) >= 11 is 0. The monoisotopic (exact) mass is 224 g/mol. The molecule has 2 nitrogen and oxygen atoms in total. The lowest BCUT2D eigenvalue weighted by molar-refractivity contribution is 0.0933. The molecule has 82 valence electrons. The molecule has 1 aliphatic rings. The molecule has 0 aromatic heterocycles. The van der Waals surface area contributed by atoms with Gasteiger partial charge in [-0.15, -0.1) is 0 Å². The van der Waals surface area contributed by atoms with Crippen LogP contribution in [0.25, 0.3) is 0 Å². The van der Waals surface area contributed by atoms with E-state index in [0.29, 0.717) is 6.42 Å². The second-order valence-electron chi connectivity index (χ2n) is 4.87. The van der Waals surface area contributed by atoms with Crippen LogP contribution < -0.4 is 5.30 Å². The Labute approximate surface area is 92.1 Å². The lowest BCUT2D eigenvalue weighted by Gasteiger charge is -2.23. The molecule has 1 aliphatic heterocycles. The maximum Gasteiger partial charge on any atom is 0.112 e. The van der Waals surface area contributed by atoms with E-state index in [1.165, 1.54) is 0 Å². The van der Waals surface area contributed by atoms with Gasteiger partial charge in [0.1, 0.15) is 5.34 Å². The molecule has 2 atom stereocenters.